The molecule has 0 unspecified atom stereocenters. The lowest BCUT2D eigenvalue weighted by molar-refractivity contribution is -0.141. The lowest BCUT2D eigenvalue weighted by Gasteiger charge is -2.45. The van der Waals surface area contributed by atoms with Gasteiger partial charge in [0, 0.05) is 50.1 Å². The quantitative estimate of drug-likeness (QED) is 0.654. The molecule has 0 bridgehead atoms. The van der Waals surface area contributed by atoms with Crippen molar-refractivity contribution in [3.63, 3.8) is 0 Å². The number of amides is 3. The maximum Gasteiger partial charge on any atom is 0.256 e. The predicted octanol–water partition coefficient (Wildman–Crippen LogP) is 2.47. The van der Waals surface area contributed by atoms with Crippen LogP contribution < -0.4 is 0 Å². The molecule has 1 atom stereocenters. The highest BCUT2D eigenvalue weighted by molar-refractivity contribution is 5.98. The fourth-order valence-corrected chi connectivity index (χ4v) is 5.22. The van der Waals surface area contributed by atoms with Gasteiger partial charge in [0.05, 0.1) is 19.8 Å². The molecule has 0 aliphatic carbocycles. The number of piperidine rings is 1. The highest BCUT2D eigenvalue weighted by Crippen LogP contribution is 2.39. The minimum Gasteiger partial charge on any atom is -0.378 e. The minimum atomic E-state index is -1.01. The Morgan fingerprint density at radius 3 is 2.06 bits per heavy atom. The molecule has 3 saturated heterocycles. The summed E-state index contributed by atoms with van der Waals surface area (Å²) in [5.74, 6) is -1.07. The van der Waals surface area contributed by atoms with Crippen molar-refractivity contribution in [2.24, 2.45) is 0 Å². The number of carbonyl (C=O) groups is 3. The predicted molar refractivity (Wildman–Crippen MR) is 129 cm³/mol. The van der Waals surface area contributed by atoms with E-state index < -0.39 is 17.6 Å². The van der Waals surface area contributed by atoms with Crippen molar-refractivity contribution in [3.8, 4) is 0 Å². The van der Waals surface area contributed by atoms with Gasteiger partial charge < -0.3 is 19.3 Å². The number of likely N-dealkylation sites (tertiary alicyclic amines) is 1. The van der Waals surface area contributed by atoms with E-state index in [1.54, 1.807) is 14.7 Å². The molecule has 36 heavy (non-hydrogen) atoms. The van der Waals surface area contributed by atoms with Gasteiger partial charge in [-0.25, -0.2) is 4.39 Å². The van der Waals surface area contributed by atoms with Crippen LogP contribution >= 0.6 is 0 Å². The molecule has 3 fully saturated rings. The van der Waals surface area contributed by atoms with Gasteiger partial charge >= 0.3 is 0 Å². The Kier molecular flexibility index (Phi) is 6.77. The van der Waals surface area contributed by atoms with Crippen molar-refractivity contribution < 1.29 is 28.2 Å². The highest BCUT2D eigenvalue weighted by atomic mass is 19.1. The van der Waals surface area contributed by atoms with Crippen LogP contribution in [0.15, 0.2) is 48.5 Å². The minimum absolute atomic E-state index is 0.0693. The number of hydrogen-bond acceptors (Lipinski definition) is 5. The Labute approximate surface area is 209 Å². The summed E-state index contributed by atoms with van der Waals surface area (Å²) >= 11 is 0. The molecule has 5 rings (SSSR count). The van der Waals surface area contributed by atoms with E-state index in [0.717, 1.165) is 5.56 Å². The molecule has 2 aromatic rings. The van der Waals surface area contributed by atoms with Gasteiger partial charge in [0.2, 0.25) is 5.91 Å². The third kappa shape index (κ3) is 4.60. The maximum atomic E-state index is 13.7. The summed E-state index contributed by atoms with van der Waals surface area (Å²) in [6, 6.07) is 12.0. The van der Waals surface area contributed by atoms with Gasteiger partial charge in [0.15, 0.2) is 0 Å². The highest BCUT2D eigenvalue weighted by Gasteiger charge is 2.55. The molecule has 0 radical (unpaired) electrons. The van der Waals surface area contributed by atoms with Crippen molar-refractivity contribution >= 4 is 17.7 Å². The van der Waals surface area contributed by atoms with E-state index in [-0.39, 0.29) is 24.3 Å². The molecule has 1 spiro atoms. The van der Waals surface area contributed by atoms with E-state index in [0.29, 0.717) is 63.4 Å². The topological polar surface area (TPSA) is 79.4 Å². The van der Waals surface area contributed by atoms with Crippen molar-refractivity contribution in [1.29, 1.82) is 0 Å². The number of aryl methyl sites for hydroxylation is 1. The Morgan fingerprint density at radius 1 is 0.833 bits per heavy atom. The Hall–Kier alpha value is -3.30. The number of rotatable bonds is 3. The number of hydrogen-bond donors (Lipinski definition) is 0. The van der Waals surface area contributed by atoms with Crippen LogP contribution in [-0.4, -0.2) is 90.2 Å². The lowest BCUT2D eigenvalue weighted by atomic mass is 9.96. The van der Waals surface area contributed by atoms with E-state index >= 15 is 0 Å². The molecule has 3 aliphatic rings. The van der Waals surface area contributed by atoms with Gasteiger partial charge in [-0.05, 0) is 43.3 Å². The van der Waals surface area contributed by atoms with Crippen LogP contribution in [0, 0.1) is 12.7 Å². The number of nitrogens with zero attached hydrogens (tertiary/aromatic N) is 3. The van der Waals surface area contributed by atoms with Crippen molar-refractivity contribution in [1.82, 2.24) is 14.7 Å². The molecule has 3 aliphatic heterocycles. The molecular formula is C27H30FN3O5. The number of carbonyl (C=O) groups excluding carboxylic acids is 3. The summed E-state index contributed by atoms with van der Waals surface area (Å²) in [6.07, 6.45) is 0.759. The molecule has 9 heteroatoms. The summed E-state index contributed by atoms with van der Waals surface area (Å²) in [7, 11) is 0. The average Bonchev–Trinajstić information content (AvgIpc) is 3.27. The standard InChI is InChI=1S/C27H30FN3O5/c1-19-2-4-20(5-3-19)24(32)29-12-10-27(11-13-29)31(25(33)21-6-8-22(28)9-7-21)23(18-36-27)26(34)30-14-16-35-17-15-30/h2-9,23H,10-18H2,1H3/t23-/m1/s1. The number of benzene rings is 2. The Morgan fingerprint density at radius 2 is 1.42 bits per heavy atom. The molecular weight excluding hydrogens is 465 g/mol. The van der Waals surface area contributed by atoms with Gasteiger partial charge in [-0.1, -0.05) is 17.7 Å². The van der Waals surface area contributed by atoms with Gasteiger partial charge in [-0.3, -0.25) is 19.3 Å². The average molecular weight is 496 g/mol. The summed E-state index contributed by atoms with van der Waals surface area (Å²) in [5, 5.41) is 0. The van der Waals surface area contributed by atoms with Crippen LogP contribution in [0.25, 0.3) is 0 Å². The normalized spacial score (nSPS) is 21.6. The molecule has 3 heterocycles. The van der Waals surface area contributed by atoms with Crippen molar-refractivity contribution in [2.75, 3.05) is 46.0 Å². The lowest BCUT2D eigenvalue weighted by Crippen LogP contribution is -2.60. The van der Waals surface area contributed by atoms with Crippen LogP contribution in [-0.2, 0) is 14.3 Å². The zero-order chi connectivity index (χ0) is 25.3. The molecule has 0 saturated carbocycles. The zero-order valence-corrected chi connectivity index (χ0v) is 20.3. The first-order valence-electron chi connectivity index (χ1n) is 12.3. The molecule has 190 valence electrons. The summed E-state index contributed by atoms with van der Waals surface area (Å²) in [4.78, 5) is 45.3. The van der Waals surface area contributed by atoms with Crippen LogP contribution in [0.5, 0.6) is 0 Å². The first kappa shape index (κ1) is 24.4. The van der Waals surface area contributed by atoms with E-state index in [1.165, 1.54) is 24.3 Å². The van der Waals surface area contributed by atoms with Gasteiger partial charge in [0.1, 0.15) is 17.6 Å². The number of ether oxygens (including phenoxy) is 2. The van der Waals surface area contributed by atoms with E-state index in [1.807, 2.05) is 31.2 Å². The van der Waals surface area contributed by atoms with E-state index in [2.05, 4.69) is 0 Å². The van der Waals surface area contributed by atoms with Crippen LogP contribution in [0.4, 0.5) is 4.39 Å². The number of halogens is 1. The molecule has 0 aromatic heterocycles. The first-order chi connectivity index (χ1) is 17.4. The monoisotopic (exact) mass is 495 g/mol. The second kappa shape index (κ2) is 9.99. The SMILES string of the molecule is Cc1ccc(C(=O)N2CCC3(CC2)OC[C@H](C(=O)N2CCOCC2)N3C(=O)c2ccc(F)cc2)cc1. The van der Waals surface area contributed by atoms with E-state index in [9.17, 15) is 18.8 Å². The molecule has 2 aromatic carbocycles. The first-order valence-corrected chi connectivity index (χ1v) is 12.3. The van der Waals surface area contributed by atoms with Gasteiger partial charge in [-0.15, -0.1) is 0 Å². The second-order valence-corrected chi connectivity index (χ2v) is 9.55. The Balaban J connectivity index is 1.39. The zero-order valence-electron chi connectivity index (χ0n) is 20.3. The fraction of sp³-hybridized carbons (Fsp3) is 0.444. The van der Waals surface area contributed by atoms with E-state index in [4.69, 9.17) is 9.47 Å². The van der Waals surface area contributed by atoms with Crippen LogP contribution in [0.1, 0.15) is 39.1 Å². The third-order valence-electron chi connectivity index (χ3n) is 7.31. The maximum absolute atomic E-state index is 13.7. The summed E-state index contributed by atoms with van der Waals surface area (Å²) in [6.45, 7) is 4.64. The third-order valence-corrected chi connectivity index (χ3v) is 7.31. The molecule has 3 amide bonds. The summed E-state index contributed by atoms with van der Waals surface area (Å²) < 4.78 is 25.2. The van der Waals surface area contributed by atoms with Crippen molar-refractivity contribution in [3.05, 3.63) is 71.0 Å². The largest absolute Gasteiger partial charge is 0.378 e. The summed E-state index contributed by atoms with van der Waals surface area (Å²) in [5.41, 5.74) is 0.972. The smallest absolute Gasteiger partial charge is 0.256 e. The van der Waals surface area contributed by atoms with Crippen molar-refractivity contribution in [2.45, 2.75) is 31.5 Å². The molecule has 8 nitrogen and oxygen atoms in total. The van der Waals surface area contributed by atoms with Gasteiger partial charge in [-0.2, -0.15) is 0 Å². The van der Waals surface area contributed by atoms with Gasteiger partial charge in [0.25, 0.3) is 11.8 Å². The van der Waals surface area contributed by atoms with Crippen LogP contribution in [0.3, 0.4) is 0 Å². The number of morpholine rings is 1. The van der Waals surface area contributed by atoms with Crippen LogP contribution in [0.2, 0.25) is 0 Å². The Bertz CT molecular complexity index is 1120. The fourth-order valence-electron chi connectivity index (χ4n) is 5.22. The second-order valence-electron chi connectivity index (χ2n) is 9.55. The molecule has 0 N–H and O–H groups in total.